The quantitative estimate of drug-likeness (QED) is 0.558. The van der Waals surface area contributed by atoms with Crippen LogP contribution < -0.4 is 17.7 Å². The van der Waals surface area contributed by atoms with Crippen LogP contribution in [-0.4, -0.2) is 51.1 Å². The van der Waals surface area contributed by atoms with Crippen molar-refractivity contribution in [3.63, 3.8) is 0 Å². The SMILES string of the molecule is CCOC(=O)c1c(NC(=O)CCS(=O)(=O)c2ccccc2)sc2c1CCN(C)C2.[Cl-]. The van der Waals surface area contributed by atoms with Crippen molar-refractivity contribution in [3.8, 4) is 0 Å². The first-order valence-electron chi connectivity index (χ1n) is 9.39. The summed E-state index contributed by atoms with van der Waals surface area (Å²) >= 11 is 1.35. The fourth-order valence-electron chi connectivity index (χ4n) is 3.20. The van der Waals surface area contributed by atoms with Gasteiger partial charge in [0.1, 0.15) is 5.00 Å². The first-order chi connectivity index (χ1) is 13.8. The smallest absolute Gasteiger partial charge is 0.341 e. The average Bonchev–Trinajstić information content (AvgIpc) is 3.04. The maximum absolute atomic E-state index is 12.5. The van der Waals surface area contributed by atoms with Gasteiger partial charge >= 0.3 is 5.97 Å². The molecule has 0 saturated heterocycles. The van der Waals surface area contributed by atoms with Crippen molar-refractivity contribution in [1.82, 2.24) is 4.90 Å². The number of anilines is 1. The Hall–Kier alpha value is -1.94. The van der Waals surface area contributed by atoms with Crippen LogP contribution in [0.4, 0.5) is 5.00 Å². The van der Waals surface area contributed by atoms with E-state index >= 15 is 0 Å². The molecular formula is C20H24ClN2O5S2-. The van der Waals surface area contributed by atoms with E-state index in [1.54, 1.807) is 25.1 Å². The second-order valence-electron chi connectivity index (χ2n) is 6.85. The molecule has 0 aliphatic carbocycles. The summed E-state index contributed by atoms with van der Waals surface area (Å²) in [6.07, 6.45) is 0.511. The van der Waals surface area contributed by atoms with Crippen LogP contribution in [0.25, 0.3) is 0 Å². The normalized spacial score (nSPS) is 13.8. The molecule has 164 valence electrons. The average molecular weight is 472 g/mol. The minimum absolute atomic E-state index is 0. The van der Waals surface area contributed by atoms with E-state index in [1.807, 2.05) is 7.05 Å². The molecule has 0 unspecified atom stereocenters. The van der Waals surface area contributed by atoms with E-state index < -0.39 is 21.7 Å². The minimum atomic E-state index is -3.55. The number of hydrogen-bond donors (Lipinski definition) is 1. The third kappa shape index (κ3) is 5.60. The first-order valence-corrected chi connectivity index (χ1v) is 11.9. The van der Waals surface area contributed by atoms with Gasteiger partial charge in [0.15, 0.2) is 9.84 Å². The van der Waals surface area contributed by atoms with Gasteiger partial charge in [0.25, 0.3) is 0 Å². The van der Waals surface area contributed by atoms with E-state index in [9.17, 15) is 18.0 Å². The van der Waals surface area contributed by atoms with Crippen LogP contribution >= 0.6 is 11.3 Å². The minimum Gasteiger partial charge on any atom is -1.00 e. The monoisotopic (exact) mass is 471 g/mol. The zero-order chi connectivity index (χ0) is 21.0. The predicted octanol–water partition coefficient (Wildman–Crippen LogP) is -0.281. The summed E-state index contributed by atoms with van der Waals surface area (Å²) in [5.74, 6) is -1.20. The number of nitrogens with zero attached hydrogens (tertiary/aromatic N) is 1. The molecule has 30 heavy (non-hydrogen) atoms. The molecule has 1 aliphatic rings. The highest BCUT2D eigenvalue weighted by Gasteiger charge is 2.28. The molecule has 7 nitrogen and oxygen atoms in total. The van der Waals surface area contributed by atoms with Crippen LogP contribution in [0.3, 0.4) is 0 Å². The van der Waals surface area contributed by atoms with Crippen LogP contribution in [0, 0.1) is 0 Å². The number of sulfone groups is 1. The Morgan fingerprint density at radius 1 is 1.23 bits per heavy atom. The zero-order valence-electron chi connectivity index (χ0n) is 16.8. The van der Waals surface area contributed by atoms with Crippen LogP contribution in [0.5, 0.6) is 0 Å². The van der Waals surface area contributed by atoms with Gasteiger partial charge in [-0.1, -0.05) is 18.2 Å². The number of carbonyl (C=O) groups excluding carboxylic acids is 2. The van der Waals surface area contributed by atoms with E-state index in [4.69, 9.17) is 4.74 Å². The molecule has 2 aromatic rings. The summed E-state index contributed by atoms with van der Waals surface area (Å²) in [6.45, 7) is 3.49. The van der Waals surface area contributed by atoms with Gasteiger partial charge in [-0.2, -0.15) is 0 Å². The molecule has 1 N–H and O–H groups in total. The molecule has 0 radical (unpaired) electrons. The van der Waals surface area contributed by atoms with Crippen LogP contribution in [0.15, 0.2) is 35.2 Å². The lowest BCUT2D eigenvalue weighted by atomic mass is 10.0. The van der Waals surface area contributed by atoms with Crippen molar-refractivity contribution in [2.24, 2.45) is 0 Å². The van der Waals surface area contributed by atoms with Gasteiger partial charge in [0.05, 0.1) is 22.8 Å². The van der Waals surface area contributed by atoms with E-state index in [0.717, 1.165) is 17.0 Å². The molecule has 1 aliphatic heterocycles. The molecule has 0 saturated carbocycles. The maximum Gasteiger partial charge on any atom is 0.341 e. The number of nitrogens with one attached hydrogen (secondary N) is 1. The standard InChI is InChI=1S/C20H24N2O5S2.ClH/c1-3-27-20(24)18-15-9-11-22(2)13-16(15)28-19(18)21-17(23)10-12-29(25,26)14-7-5-4-6-8-14;/h4-8H,3,9-13H2,1-2H3,(H,21,23);1H/p-1. The van der Waals surface area contributed by atoms with Crippen molar-refractivity contribution < 1.29 is 35.2 Å². The molecule has 1 aromatic heterocycles. The number of amides is 1. The van der Waals surface area contributed by atoms with E-state index in [0.29, 0.717) is 23.5 Å². The molecular weight excluding hydrogens is 448 g/mol. The lowest BCUT2D eigenvalue weighted by Crippen LogP contribution is -3.00. The number of thiophene rings is 1. The second-order valence-corrected chi connectivity index (χ2v) is 10.1. The summed E-state index contributed by atoms with van der Waals surface area (Å²) in [5.41, 5.74) is 1.32. The third-order valence-electron chi connectivity index (χ3n) is 4.68. The van der Waals surface area contributed by atoms with Crippen LogP contribution in [0.2, 0.25) is 0 Å². The number of likely N-dealkylation sites (N-methyl/N-ethyl adjacent to an activating group) is 1. The number of halogens is 1. The van der Waals surface area contributed by atoms with Gasteiger partial charge < -0.3 is 27.4 Å². The molecule has 1 amide bonds. The van der Waals surface area contributed by atoms with Crippen molar-refractivity contribution in [2.45, 2.75) is 31.2 Å². The summed E-state index contributed by atoms with van der Waals surface area (Å²) < 4.78 is 30.0. The van der Waals surface area contributed by atoms with E-state index in [-0.39, 0.29) is 36.1 Å². The van der Waals surface area contributed by atoms with Gasteiger partial charge in [-0.15, -0.1) is 11.3 Å². The largest absolute Gasteiger partial charge is 1.00 e. The van der Waals surface area contributed by atoms with E-state index in [2.05, 4.69) is 10.2 Å². The highest BCUT2D eigenvalue weighted by atomic mass is 35.5. The summed E-state index contributed by atoms with van der Waals surface area (Å²) in [4.78, 5) is 28.3. The highest BCUT2D eigenvalue weighted by Crippen LogP contribution is 2.37. The third-order valence-corrected chi connectivity index (χ3v) is 7.54. The Morgan fingerprint density at radius 3 is 2.60 bits per heavy atom. The number of ether oxygens (including phenoxy) is 1. The van der Waals surface area contributed by atoms with Crippen LogP contribution in [-0.2, 0) is 32.3 Å². The molecule has 1 aromatic carbocycles. The molecule has 3 rings (SSSR count). The Kier molecular flexibility index (Phi) is 8.42. The molecule has 0 fully saturated rings. The number of carbonyl (C=O) groups is 2. The molecule has 2 heterocycles. The Bertz CT molecular complexity index is 1010. The van der Waals surface area contributed by atoms with Crippen molar-refractivity contribution >= 4 is 38.1 Å². The summed E-state index contributed by atoms with van der Waals surface area (Å²) in [5, 5.41) is 3.18. The van der Waals surface area contributed by atoms with Crippen LogP contribution in [0.1, 0.15) is 34.1 Å². The second kappa shape index (κ2) is 10.4. The summed E-state index contributed by atoms with van der Waals surface area (Å²) in [7, 11) is -1.55. The number of benzene rings is 1. The van der Waals surface area contributed by atoms with Gasteiger partial charge in [-0.05, 0) is 38.1 Å². The van der Waals surface area contributed by atoms with Crippen molar-refractivity contribution in [1.29, 1.82) is 0 Å². The van der Waals surface area contributed by atoms with Gasteiger partial charge in [-0.25, -0.2) is 13.2 Å². The molecule has 0 atom stereocenters. The zero-order valence-corrected chi connectivity index (χ0v) is 19.2. The Morgan fingerprint density at radius 2 is 1.93 bits per heavy atom. The van der Waals surface area contributed by atoms with Gasteiger partial charge in [0, 0.05) is 24.4 Å². The number of fused-ring (bicyclic) bond motifs is 1. The lowest BCUT2D eigenvalue weighted by molar-refractivity contribution is -0.115. The maximum atomic E-state index is 12.5. The van der Waals surface area contributed by atoms with E-state index in [1.165, 1.54) is 23.5 Å². The first kappa shape index (κ1) is 24.3. The summed E-state index contributed by atoms with van der Waals surface area (Å²) in [6, 6.07) is 8.04. The van der Waals surface area contributed by atoms with Crippen molar-refractivity contribution in [2.75, 3.05) is 31.3 Å². The number of rotatable bonds is 7. The predicted molar refractivity (Wildman–Crippen MR) is 112 cm³/mol. The lowest BCUT2D eigenvalue weighted by Gasteiger charge is -2.22. The Balaban J connectivity index is 0.00000320. The fourth-order valence-corrected chi connectivity index (χ4v) is 5.79. The number of esters is 1. The topological polar surface area (TPSA) is 92.8 Å². The van der Waals surface area contributed by atoms with Gasteiger partial charge in [-0.3, -0.25) is 4.79 Å². The van der Waals surface area contributed by atoms with Gasteiger partial charge in [0.2, 0.25) is 5.91 Å². The Labute approximate surface area is 186 Å². The molecule has 10 heteroatoms. The number of hydrogen-bond acceptors (Lipinski definition) is 7. The molecule has 0 spiro atoms. The molecule has 0 bridgehead atoms. The van der Waals surface area contributed by atoms with Crippen molar-refractivity contribution in [3.05, 3.63) is 46.3 Å². The fraction of sp³-hybridized carbons (Fsp3) is 0.400. The highest BCUT2D eigenvalue weighted by molar-refractivity contribution is 7.91.